The summed E-state index contributed by atoms with van der Waals surface area (Å²) in [4.78, 5) is 0. The smallest absolute Gasteiger partial charge is 0.0922 e. The van der Waals surface area contributed by atoms with Gasteiger partial charge in [-0.1, -0.05) is 72.3 Å². The van der Waals surface area contributed by atoms with Crippen LogP contribution >= 0.6 is 27.5 Å². The molecule has 0 radical (unpaired) electrons. The molecule has 1 rings (SSSR count). The minimum absolute atomic E-state index is 0.106. The van der Waals surface area contributed by atoms with Gasteiger partial charge in [0.05, 0.1) is 6.10 Å². The summed E-state index contributed by atoms with van der Waals surface area (Å²) in [6, 6.07) is 7.90. The summed E-state index contributed by atoms with van der Waals surface area (Å²) in [5.74, 6) is 0. The molecule has 0 spiro atoms. The molecule has 0 aliphatic rings. The first kappa shape index (κ1) is 16.0. The predicted molar refractivity (Wildman–Crippen MR) is 82.7 cm³/mol. The van der Waals surface area contributed by atoms with E-state index in [1.54, 1.807) is 0 Å². The van der Waals surface area contributed by atoms with Gasteiger partial charge in [0, 0.05) is 17.0 Å². The lowest BCUT2D eigenvalue weighted by Gasteiger charge is -2.16. The first-order chi connectivity index (χ1) is 8.77. The standard InChI is InChI=1S/C15H22BrClO/c1-2-3-4-5-6-10-18-15(12-16)13-8-7-9-14(17)11-13/h7-9,11,15H,2-6,10,12H2,1H3. The van der Waals surface area contributed by atoms with Gasteiger partial charge in [0.1, 0.15) is 0 Å². The van der Waals surface area contributed by atoms with Gasteiger partial charge in [-0.05, 0) is 24.1 Å². The van der Waals surface area contributed by atoms with Crippen molar-refractivity contribution in [2.75, 3.05) is 11.9 Å². The Bertz CT molecular complexity index is 330. The van der Waals surface area contributed by atoms with Crippen LogP contribution in [0.1, 0.15) is 50.7 Å². The highest BCUT2D eigenvalue weighted by Gasteiger charge is 2.10. The van der Waals surface area contributed by atoms with E-state index in [9.17, 15) is 0 Å². The van der Waals surface area contributed by atoms with Crippen LogP contribution in [-0.2, 0) is 4.74 Å². The van der Waals surface area contributed by atoms with Crippen molar-refractivity contribution >= 4 is 27.5 Å². The summed E-state index contributed by atoms with van der Waals surface area (Å²) in [6.07, 6.45) is 6.44. The third kappa shape index (κ3) is 6.21. The minimum Gasteiger partial charge on any atom is -0.373 e. The van der Waals surface area contributed by atoms with Crippen LogP contribution in [0.5, 0.6) is 0 Å². The number of alkyl halides is 1. The van der Waals surface area contributed by atoms with Crippen molar-refractivity contribution in [2.45, 2.75) is 45.1 Å². The lowest BCUT2D eigenvalue weighted by atomic mass is 10.1. The number of benzene rings is 1. The molecule has 0 fully saturated rings. The molecule has 0 N–H and O–H groups in total. The fourth-order valence-electron chi connectivity index (χ4n) is 1.87. The molecule has 1 nitrogen and oxygen atoms in total. The van der Waals surface area contributed by atoms with Gasteiger partial charge in [-0.3, -0.25) is 0 Å². The first-order valence-electron chi connectivity index (χ1n) is 6.71. The van der Waals surface area contributed by atoms with Crippen LogP contribution in [0, 0.1) is 0 Å². The Kier molecular flexibility index (Phi) is 8.74. The van der Waals surface area contributed by atoms with Crippen molar-refractivity contribution in [2.24, 2.45) is 0 Å². The molecule has 102 valence electrons. The Labute approximate surface area is 124 Å². The molecule has 0 saturated heterocycles. The second-order valence-corrected chi connectivity index (χ2v) is 5.57. The van der Waals surface area contributed by atoms with Crippen LogP contribution < -0.4 is 0 Å². The Morgan fingerprint density at radius 1 is 1.22 bits per heavy atom. The molecule has 1 aromatic rings. The zero-order valence-corrected chi connectivity index (χ0v) is 13.3. The van der Waals surface area contributed by atoms with Crippen LogP contribution in [0.2, 0.25) is 5.02 Å². The molecule has 0 amide bonds. The molecular weight excluding hydrogens is 312 g/mol. The van der Waals surface area contributed by atoms with Crippen LogP contribution in [0.3, 0.4) is 0 Å². The maximum atomic E-state index is 5.99. The fraction of sp³-hybridized carbons (Fsp3) is 0.600. The highest BCUT2D eigenvalue weighted by Crippen LogP contribution is 2.23. The van der Waals surface area contributed by atoms with Gasteiger partial charge in [-0.2, -0.15) is 0 Å². The average molecular weight is 334 g/mol. The number of ether oxygens (including phenoxy) is 1. The first-order valence-corrected chi connectivity index (χ1v) is 8.21. The summed E-state index contributed by atoms with van der Waals surface area (Å²) in [6.45, 7) is 3.06. The van der Waals surface area contributed by atoms with E-state index in [0.29, 0.717) is 0 Å². The lowest BCUT2D eigenvalue weighted by molar-refractivity contribution is 0.0668. The fourth-order valence-corrected chi connectivity index (χ4v) is 2.63. The summed E-state index contributed by atoms with van der Waals surface area (Å²) in [5, 5.41) is 1.58. The number of rotatable bonds is 9. The topological polar surface area (TPSA) is 9.23 Å². The van der Waals surface area contributed by atoms with Crippen LogP contribution in [-0.4, -0.2) is 11.9 Å². The SMILES string of the molecule is CCCCCCCOC(CBr)c1cccc(Cl)c1. The third-order valence-electron chi connectivity index (χ3n) is 2.93. The summed E-state index contributed by atoms with van der Waals surface area (Å²) >= 11 is 9.50. The maximum absolute atomic E-state index is 5.99. The van der Waals surface area contributed by atoms with Crippen molar-refractivity contribution in [1.82, 2.24) is 0 Å². The molecule has 18 heavy (non-hydrogen) atoms. The molecule has 1 aromatic carbocycles. The molecule has 0 aliphatic carbocycles. The second-order valence-electron chi connectivity index (χ2n) is 4.48. The Morgan fingerprint density at radius 2 is 2.00 bits per heavy atom. The summed E-state index contributed by atoms with van der Waals surface area (Å²) < 4.78 is 5.91. The minimum atomic E-state index is 0.106. The van der Waals surface area contributed by atoms with Crippen molar-refractivity contribution in [3.63, 3.8) is 0 Å². The normalized spacial score (nSPS) is 12.6. The van der Waals surface area contributed by atoms with Gasteiger partial charge in [-0.15, -0.1) is 0 Å². The Hall–Kier alpha value is -0.0500. The lowest BCUT2D eigenvalue weighted by Crippen LogP contribution is -2.07. The third-order valence-corrected chi connectivity index (χ3v) is 3.75. The number of hydrogen-bond acceptors (Lipinski definition) is 1. The van der Waals surface area contributed by atoms with Crippen LogP contribution in [0.4, 0.5) is 0 Å². The number of unbranched alkanes of at least 4 members (excludes halogenated alkanes) is 4. The highest BCUT2D eigenvalue weighted by atomic mass is 79.9. The molecule has 1 unspecified atom stereocenters. The number of hydrogen-bond donors (Lipinski definition) is 0. The van der Waals surface area contributed by atoms with Gasteiger partial charge >= 0.3 is 0 Å². The monoisotopic (exact) mass is 332 g/mol. The van der Waals surface area contributed by atoms with E-state index in [1.165, 1.54) is 25.7 Å². The van der Waals surface area contributed by atoms with Crippen LogP contribution in [0.25, 0.3) is 0 Å². The molecular formula is C15H22BrClO. The summed E-state index contributed by atoms with van der Waals surface area (Å²) in [5.41, 5.74) is 1.15. The average Bonchev–Trinajstić information content (AvgIpc) is 2.38. The van der Waals surface area contributed by atoms with Crippen molar-refractivity contribution in [1.29, 1.82) is 0 Å². The van der Waals surface area contributed by atoms with Gasteiger partial charge in [0.2, 0.25) is 0 Å². The molecule has 1 atom stereocenters. The van der Waals surface area contributed by atoms with E-state index in [-0.39, 0.29) is 6.10 Å². The zero-order valence-electron chi connectivity index (χ0n) is 11.0. The Morgan fingerprint density at radius 3 is 2.67 bits per heavy atom. The molecule has 0 aliphatic heterocycles. The zero-order chi connectivity index (χ0) is 13.2. The van der Waals surface area contributed by atoms with Crippen molar-refractivity contribution in [3.05, 3.63) is 34.9 Å². The van der Waals surface area contributed by atoms with Gasteiger partial charge in [0.15, 0.2) is 0 Å². The maximum Gasteiger partial charge on any atom is 0.0922 e. The van der Waals surface area contributed by atoms with E-state index >= 15 is 0 Å². The van der Waals surface area contributed by atoms with E-state index in [4.69, 9.17) is 16.3 Å². The van der Waals surface area contributed by atoms with Crippen molar-refractivity contribution in [3.8, 4) is 0 Å². The van der Waals surface area contributed by atoms with Crippen molar-refractivity contribution < 1.29 is 4.74 Å². The second kappa shape index (κ2) is 9.82. The molecule has 0 saturated carbocycles. The van der Waals surface area contributed by atoms with Gasteiger partial charge in [0.25, 0.3) is 0 Å². The van der Waals surface area contributed by atoms with Gasteiger partial charge in [-0.25, -0.2) is 0 Å². The molecule has 0 aromatic heterocycles. The van der Waals surface area contributed by atoms with E-state index < -0.39 is 0 Å². The van der Waals surface area contributed by atoms with E-state index in [1.807, 2.05) is 18.2 Å². The highest BCUT2D eigenvalue weighted by molar-refractivity contribution is 9.09. The predicted octanol–water partition coefficient (Wildman–Crippen LogP) is 5.76. The van der Waals surface area contributed by atoms with E-state index in [2.05, 4.69) is 28.9 Å². The van der Waals surface area contributed by atoms with Crippen LogP contribution in [0.15, 0.2) is 24.3 Å². The Balaban J connectivity index is 2.29. The molecule has 0 heterocycles. The molecule has 3 heteroatoms. The number of halogens is 2. The largest absolute Gasteiger partial charge is 0.373 e. The molecule has 0 bridgehead atoms. The summed E-state index contributed by atoms with van der Waals surface area (Å²) in [7, 11) is 0. The van der Waals surface area contributed by atoms with E-state index in [0.717, 1.165) is 28.9 Å². The quantitative estimate of drug-likeness (QED) is 0.412. The van der Waals surface area contributed by atoms with Gasteiger partial charge < -0.3 is 4.74 Å².